The summed E-state index contributed by atoms with van der Waals surface area (Å²) in [6, 6.07) is 0.784. The van der Waals surface area contributed by atoms with Gasteiger partial charge in [-0.1, -0.05) is 38.5 Å². The molecule has 0 aromatic carbocycles. The quantitative estimate of drug-likeness (QED) is 0.765. The zero-order chi connectivity index (χ0) is 12.1. The fourth-order valence-corrected chi connectivity index (χ4v) is 3.62. The largest absolute Gasteiger partial charge is 0.393 e. The van der Waals surface area contributed by atoms with Crippen molar-refractivity contribution in [2.75, 3.05) is 13.6 Å². The van der Waals surface area contributed by atoms with Gasteiger partial charge in [0.25, 0.3) is 0 Å². The second-order valence-corrected chi connectivity index (χ2v) is 6.20. The van der Waals surface area contributed by atoms with Gasteiger partial charge in [-0.25, -0.2) is 0 Å². The Hall–Kier alpha value is -0.0800. The molecule has 0 saturated heterocycles. The normalized spacial score (nSPS) is 32.6. The zero-order valence-electron chi connectivity index (χ0n) is 11.4. The number of rotatable bonds is 3. The molecule has 2 nitrogen and oxygen atoms in total. The van der Waals surface area contributed by atoms with Gasteiger partial charge in [0.15, 0.2) is 0 Å². The maximum absolute atomic E-state index is 10.0. The molecule has 0 amide bonds. The summed E-state index contributed by atoms with van der Waals surface area (Å²) in [7, 11) is 2.28. The van der Waals surface area contributed by atoms with E-state index in [1.165, 1.54) is 57.8 Å². The minimum absolute atomic E-state index is 0.0306. The van der Waals surface area contributed by atoms with Crippen LogP contribution in [0.25, 0.3) is 0 Å². The summed E-state index contributed by atoms with van der Waals surface area (Å²) >= 11 is 0. The van der Waals surface area contributed by atoms with Gasteiger partial charge >= 0.3 is 0 Å². The van der Waals surface area contributed by atoms with Crippen LogP contribution in [0.1, 0.15) is 64.2 Å². The molecule has 0 spiro atoms. The van der Waals surface area contributed by atoms with Gasteiger partial charge in [0.05, 0.1) is 6.10 Å². The zero-order valence-corrected chi connectivity index (χ0v) is 11.4. The van der Waals surface area contributed by atoms with Crippen molar-refractivity contribution >= 4 is 0 Å². The molecule has 2 atom stereocenters. The van der Waals surface area contributed by atoms with Gasteiger partial charge in [-0.15, -0.1) is 0 Å². The highest BCUT2D eigenvalue weighted by Gasteiger charge is 2.26. The van der Waals surface area contributed by atoms with Crippen molar-refractivity contribution in [2.45, 2.75) is 76.4 Å². The van der Waals surface area contributed by atoms with Crippen molar-refractivity contribution in [3.05, 3.63) is 0 Å². The maximum Gasteiger partial charge on any atom is 0.0580 e. The Morgan fingerprint density at radius 2 is 1.47 bits per heavy atom. The number of nitrogens with zero attached hydrogens (tertiary/aromatic N) is 1. The first-order chi connectivity index (χ1) is 8.27. The molecule has 2 fully saturated rings. The van der Waals surface area contributed by atoms with E-state index in [0.717, 1.165) is 19.0 Å². The molecule has 2 heteroatoms. The van der Waals surface area contributed by atoms with Crippen molar-refractivity contribution in [2.24, 2.45) is 5.92 Å². The first-order valence-electron chi connectivity index (χ1n) is 7.65. The number of aliphatic hydroxyl groups is 1. The summed E-state index contributed by atoms with van der Waals surface area (Å²) < 4.78 is 0. The second kappa shape index (κ2) is 6.75. The van der Waals surface area contributed by atoms with Gasteiger partial charge in [-0.3, -0.25) is 0 Å². The predicted octanol–water partition coefficient (Wildman–Crippen LogP) is 3.19. The van der Waals surface area contributed by atoms with E-state index in [-0.39, 0.29) is 6.10 Å². The van der Waals surface area contributed by atoms with Crippen LogP contribution in [0.4, 0.5) is 0 Å². The first kappa shape index (κ1) is 13.4. The van der Waals surface area contributed by atoms with E-state index in [0.29, 0.717) is 5.92 Å². The lowest BCUT2D eigenvalue weighted by molar-refractivity contribution is 0.0416. The van der Waals surface area contributed by atoms with E-state index in [9.17, 15) is 5.11 Å². The summed E-state index contributed by atoms with van der Waals surface area (Å²) in [5.74, 6) is 0.539. The van der Waals surface area contributed by atoms with Crippen LogP contribution >= 0.6 is 0 Å². The average molecular weight is 239 g/mol. The minimum atomic E-state index is -0.0306. The van der Waals surface area contributed by atoms with Crippen molar-refractivity contribution in [3.8, 4) is 0 Å². The Balaban J connectivity index is 1.79. The van der Waals surface area contributed by atoms with E-state index < -0.39 is 0 Å². The van der Waals surface area contributed by atoms with Gasteiger partial charge in [-0.2, -0.15) is 0 Å². The summed E-state index contributed by atoms with van der Waals surface area (Å²) in [5, 5.41) is 10.0. The van der Waals surface area contributed by atoms with Crippen LogP contribution in [0.3, 0.4) is 0 Å². The Bertz CT molecular complexity index is 211. The van der Waals surface area contributed by atoms with Crippen molar-refractivity contribution in [1.29, 1.82) is 0 Å². The lowest BCUT2D eigenvalue weighted by atomic mass is 9.86. The van der Waals surface area contributed by atoms with Crippen molar-refractivity contribution in [1.82, 2.24) is 4.90 Å². The van der Waals surface area contributed by atoms with Gasteiger partial charge in [-0.05, 0) is 38.6 Å². The lowest BCUT2D eigenvalue weighted by Gasteiger charge is -2.35. The monoisotopic (exact) mass is 239 g/mol. The third-order valence-corrected chi connectivity index (χ3v) is 4.84. The molecule has 0 radical (unpaired) electrons. The van der Waals surface area contributed by atoms with Crippen LogP contribution in [-0.2, 0) is 0 Å². The summed E-state index contributed by atoms with van der Waals surface area (Å²) in [5.41, 5.74) is 0. The summed E-state index contributed by atoms with van der Waals surface area (Å²) in [6.07, 6.45) is 13.2. The highest BCUT2D eigenvalue weighted by atomic mass is 16.3. The second-order valence-electron chi connectivity index (χ2n) is 6.20. The maximum atomic E-state index is 10.0. The highest BCUT2D eigenvalue weighted by Crippen LogP contribution is 2.27. The van der Waals surface area contributed by atoms with Crippen molar-refractivity contribution in [3.63, 3.8) is 0 Å². The molecular formula is C15H29NO. The molecule has 0 bridgehead atoms. The van der Waals surface area contributed by atoms with Crippen LogP contribution < -0.4 is 0 Å². The van der Waals surface area contributed by atoms with Crippen LogP contribution in [0.5, 0.6) is 0 Å². The van der Waals surface area contributed by atoms with E-state index >= 15 is 0 Å². The molecule has 2 unspecified atom stereocenters. The molecule has 0 aromatic heterocycles. The lowest BCUT2D eigenvalue weighted by Crippen LogP contribution is -2.40. The molecule has 2 rings (SSSR count). The van der Waals surface area contributed by atoms with Crippen molar-refractivity contribution < 1.29 is 5.11 Å². The van der Waals surface area contributed by atoms with Crippen LogP contribution in [0.15, 0.2) is 0 Å². The molecular weight excluding hydrogens is 210 g/mol. The van der Waals surface area contributed by atoms with Gasteiger partial charge < -0.3 is 10.0 Å². The van der Waals surface area contributed by atoms with Gasteiger partial charge in [0.1, 0.15) is 0 Å². The molecule has 2 aliphatic rings. The molecule has 100 valence electrons. The molecule has 17 heavy (non-hydrogen) atoms. The number of hydrogen-bond donors (Lipinski definition) is 1. The predicted molar refractivity (Wildman–Crippen MR) is 72.1 cm³/mol. The third kappa shape index (κ3) is 3.96. The first-order valence-corrected chi connectivity index (χ1v) is 7.65. The Labute approximate surface area is 106 Å². The minimum Gasteiger partial charge on any atom is -0.393 e. The third-order valence-electron chi connectivity index (χ3n) is 4.84. The Morgan fingerprint density at radius 1 is 0.882 bits per heavy atom. The fourth-order valence-electron chi connectivity index (χ4n) is 3.62. The van der Waals surface area contributed by atoms with Crippen LogP contribution in [0, 0.1) is 5.92 Å². The number of hydrogen-bond acceptors (Lipinski definition) is 2. The Morgan fingerprint density at radius 3 is 2.12 bits per heavy atom. The van der Waals surface area contributed by atoms with E-state index in [4.69, 9.17) is 0 Å². The fraction of sp³-hybridized carbons (Fsp3) is 1.00. The summed E-state index contributed by atoms with van der Waals surface area (Å²) in [6.45, 7) is 1.12. The topological polar surface area (TPSA) is 23.5 Å². The highest BCUT2D eigenvalue weighted by molar-refractivity contribution is 4.80. The Kier molecular flexibility index (Phi) is 5.30. The number of aliphatic hydroxyl groups excluding tert-OH is 1. The molecule has 0 aliphatic heterocycles. The smallest absolute Gasteiger partial charge is 0.0580 e. The molecule has 0 heterocycles. The summed E-state index contributed by atoms with van der Waals surface area (Å²) in [4.78, 5) is 2.55. The van der Waals surface area contributed by atoms with E-state index in [1.54, 1.807) is 0 Å². The van der Waals surface area contributed by atoms with E-state index in [1.807, 2.05) is 0 Å². The van der Waals surface area contributed by atoms with Gasteiger partial charge in [0, 0.05) is 12.6 Å². The van der Waals surface area contributed by atoms with Crippen LogP contribution in [0.2, 0.25) is 0 Å². The average Bonchev–Trinajstić information content (AvgIpc) is 2.61. The van der Waals surface area contributed by atoms with Gasteiger partial charge in [0.2, 0.25) is 0 Å². The molecule has 2 aliphatic carbocycles. The molecule has 1 N–H and O–H groups in total. The van der Waals surface area contributed by atoms with Crippen LogP contribution in [-0.4, -0.2) is 35.7 Å². The molecule has 2 saturated carbocycles. The SMILES string of the molecule is CN(CC1CCCCC1O)C1CCCCCC1. The van der Waals surface area contributed by atoms with E-state index in [2.05, 4.69) is 11.9 Å². The molecule has 0 aromatic rings. The standard InChI is InChI=1S/C15H29NO/c1-16(14-9-4-2-3-5-10-14)12-13-8-6-7-11-15(13)17/h13-15,17H,2-12H2,1H3.